The molecule has 0 saturated heterocycles. The minimum absolute atomic E-state index is 0.245. The van der Waals surface area contributed by atoms with Gasteiger partial charge in [-0.3, -0.25) is 14.5 Å². The maximum Gasteiger partial charge on any atom is 0.261 e. The smallest absolute Gasteiger partial charge is 0.261 e. The number of imide groups is 1. The monoisotopic (exact) mass is 364 g/mol. The van der Waals surface area contributed by atoms with Crippen molar-refractivity contribution in [2.45, 2.75) is 6.54 Å². The average Bonchev–Trinajstić information content (AvgIpc) is 2.99. The van der Waals surface area contributed by atoms with E-state index in [2.05, 4.69) is 6.07 Å². The molecule has 134 valence electrons. The van der Waals surface area contributed by atoms with E-state index in [4.69, 9.17) is 5.26 Å². The minimum Gasteiger partial charge on any atom is -0.270 e. The second-order valence-electron chi connectivity index (χ2n) is 6.55. The summed E-state index contributed by atoms with van der Waals surface area (Å²) in [5.74, 6) is -0.490. The third-order valence-electron chi connectivity index (χ3n) is 4.71. The molecule has 3 aromatic rings. The number of nitrogens with zero attached hydrogens (tertiary/aromatic N) is 2. The molecule has 0 N–H and O–H groups in total. The summed E-state index contributed by atoms with van der Waals surface area (Å²) in [4.78, 5) is 26.2. The average molecular weight is 364 g/mol. The van der Waals surface area contributed by atoms with Gasteiger partial charge in [0, 0.05) is 0 Å². The summed E-state index contributed by atoms with van der Waals surface area (Å²) in [7, 11) is 0. The van der Waals surface area contributed by atoms with Crippen molar-refractivity contribution < 1.29 is 9.59 Å². The Hall–Kier alpha value is -3.97. The molecule has 0 saturated carbocycles. The molecule has 0 spiro atoms. The highest BCUT2D eigenvalue weighted by Crippen LogP contribution is 2.24. The molecule has 0 aromatic heterocycles. The van der Waals surface area contributed by atoms with Crippen molar-refractivity contribution in [2.24, 2.45) is 0 Å². The summed E-state index contributed by atoms with van der Waals surface area (Å²) in [6.07, 6.45) is 3.95. The van der Waals surface area contributed by atoms with Gasteiger partial charge in [-0.25, -0.2) is 0 Å². The molecular weight excluding hydrogens is 348 g/mol. The maximum atomic E-state index is 12.5. The molecule has 4 heteroatoms. The molecule has 3 aromatic carbocycles. The molecule has 1 aliphatic rings. The topological polar surface area (TPSA) is 61.2 Å². The lowest BCUT2D eigenvalue weighted by Crippen LogP contribution is -2.29. The van der Waals surface area contributed by atoms with Crippen molar-refractivity contribution in [1.29, 1.82) is 5.26 Å². The highest BCUT2D eigenvalue weighted by Gasteiger charge is 2.34. The van der Waals surface area contributed by atoms with Crippen LogP contribution in [0.4, 0.5) is 0 Å². The van der Waals surface area contributed by atoms with E-state index in [1.165, 1.54) is 4.90 Å². The predicted molar refractivity (Wildman–Crippen MR) is 107 cm³/mol. The maximum absolute atomic E-state index is 12.5. The van der Waals surface area contributed by atoms with E-state index in [1.807, 2.05) is 48.6 Å². The Kier molecular flexibility index (Phi) is 4.57. The first-order chi connectivity index (χ1) is 13.7. The molecule has 2 amide bonds. The van der Waals surface area contributed by atoms with Crippen LogP contribution >= 0.6 is 0 Å². The molecule has 0 bridgehead atoms. The fourth-order valence-corrected chi connectivity index (χ4v) is 3.16. The number of fused-ring (bicyclic) bond motifs is 1. The van der Waals surface area contributed by atoms with Crippen LogP contribution in [0.1, 0.15) is 43.0 Å². The second kappa shape index (κ2) is 7.34. The quantitative estimate of drug-likeness (QED) is 0.505. The fourth-order valence-electron chi connectivity index (χ4n) is 3.16. The van der Waals surface area contributed by atoms with Crippen molar-refractivity contribution in [3.8, 4) is 6.07 Å². The molecule has 0 atom stereocenters. The van der Waals surface area contributed by atoms with Gasteiger partial charge >= 0.3 is 0 Å². The Labute approximate surface area is 163 Å². The van der Waals surface area contributed by atoms with Gasteiger partial charge in [-0.2, -0.15) is 5.26 Å². The first-order valence-corrected chi connectivity index (χ1v) is 8.88. The van der Waals surface area contributed by atoms with Crippen molar-refractivity contribution in [2.75, 3.05) is 0 Å². The van der Waals surface area contributed by atoms with Crippen LogP contribution in [0.2, 0.25) is 0 Å². The first-order valence-electron chi connectivity index (χ1n) is 8.88. The lowest BCUT2D eigenvalue weighted by Gasteiger charge is -2.13. The summed E-state index contributed by atoms with van der Waals surface area (Å²) < 4.78 is 0. The van der Waals surface area contributed by atoms with Crippen molar-refractivity contribution in [3.05, 3.63) is 106 Å². The fraction of sp³-hybridized carbons (Fsp3) is 0.0417. The van der Waals surface area contributed by atoms with Gasteiger partial charge in [0.2, 0.25) is 0 Å². The lowest BCUT2D eigenvalue weighted by molar-refractivity contribution is 0.0642. The molecule has 4 rings (SSSR count). The van der Waals surface area contributed by atoms with Crippen LogP contribution in [0.15, 0.2) is 72.8 Å². The van der Waals surface area contributed by atoms with Crippen molar-refractivity contribution >= 4 is 24.0 Å². The zero-order chi connectivity index (χ0) is 19.5. The van der Waals surface area contributed by atoms with Gasteiger partial charge in [0.15, 0.2) is 0 Å². The first kappa shape index (κ1) is 17.4. The van der Waals surface area contributed by atoms with Crippen LogP contribution in [0.3, 0.4) is 0 Å². The minimum atomic E-state index is -0.245. The Bertz CT molecular complexity index is 1090. The van der Waals surface area contributed by atoms with E-state index in [-0.39, 0.29) is 18.4 Å². The molecule has 4 nitrogen and oxygen atoms in total. The standard InChI is InChI=1S/C24H16N2O2/c25-15-19-11-7-17(8-12-19)5-6-18-9-13-20(14-10-18)16-26-23(27)21-3-1-2-4-22(21)24(26)28/h1-14H,16H2/b6-5+. The Balaban J connectivity index is 1.45. The number of hydrogen-bond donors (Lipinski definition) is 0. The van der Waals surface area contributed by atoms with E-state index in [0.29, 0.717) is 16.7 Å². The van der Waals surface area contributed by atoms with Gasteiger partial charge in [0.05, 0.1) is 29.3 Å². The van der Waals surface area contributed by atoms with Crippen molar-refractivity contribution in [1.82, 2.24) is 4.90 Å². The van der Waals surface area contributed by atoms with Crippen molar-refractivity contribution in [3.63, 3.8) is 0 Å². The van der Waals surface area contributed by atoms with Crippen LogP contribution in [-0.2, 0) is 6.54 Å². The van der Waals surface area contributed by atoms with Crippen LogP contribution in [0.25, 0.3) is 12.2 Å². The number of benzene rings is 3. The molecular formula is C24H16N2O2. The van der Waals surface area contributed by atoms with Gasteiger partial charge in [0.25, 0.3) is 11.8 Å². The summed E-state index contributed by atoms with van der Waals surface area (Å²) >= 11 is 0. The van der Waals surface area contributed by atoms with Gasteiger partial charge < -0.3 is 0 Å². The van der Waals surface area contributed by atoms with E-state index < -0.39 is 0 Å². The van der Waals surface area contributed by atoms with Gasteiger partial charge in [0.1, 0.15) is 0 Å². The number of nitriles is 1. The third kappa shape index (κ3) is 3.34. The molecule has 28 heavy (non-hydrogen) atoms. The normalized spacial score (nSPS) is 13.0. The second-order valence-corrected chi connectivity index (χ2v) is 6.55. The lowest BCUT2D eigenvalue weighted by atomic mass is 10.1. The highest BCUT2D eigenvalue weighted by molar-refractivity contribution is 6.21. The zero-order valence-electron chi connectivity index (χ0n) is 15.0. The Morgan fingerprint density at radius 2 is 1.25 bits per heavy atom. The van der Waals surface area contributed by atoms with E-state index >= 15 is 0 Å². The highest BCUT2D eigenvalue weighted by atomic mass is 16.2. The summed E-state index contributed by atoms with van der Waals surface area (Å²) in [6, 6.07) is 24.1. The van der Waals surface area contributed by atoms with Crippen LogP contribution in [0, 0.1) is 11.3 Å². The summed E-state index contributed by atoms with van der Waals surface area (Å²) in [5.41, 5.74) is 4.48. The number of hydrogen-bond acceptors (Lipinski definition) is 3. The van der Waals surface area contributed by atoms with E-state index in [1.54, 1.807) is 36.4 Å². The molecule has 0 fully saturated rings. The number of carbonyl (C=O) groups is 2. The Morgan fingerprint density at radius 1 is 0.750 bits per heavy atom. The van der Waals surface area contributed by atoms with Gasteiger partial charge in [-0.15, -0.1) is 0 Å². The van der Waals surface area contributed by atoms with Crippen LogP contribution in [0.5, 0.6) is 0 Å². The van der Waals surface area contributed by atoms with Crippen LogP contribution < -0.4 is 0 Å². The molecule has 1 aliphatic heterocycles. The predicted octanol–water partition coefficient (Wildman–Crippen LogP) is 4.52. The summed E-state index contributed by atoms with van der Waals surface area (Å²) in [6.45, 7) is 0.256. The number of carbonyl (C=O) groups excluding carboxylic acids is 2. The molecule has 0 radical (unpaired) electrons. The zero-order valence-corrected chi connectivity index (χ0v) is 15.0. The van der Waals surface area contributed by atoms with E-state index in [0.717, 1.165) is 16.7 Å². The van der Waals surface area contributed by atoms with E-state index in [9.17, 15) is 9.59 Å². The number of rotatable bonds is 4. The molecule has 1 heterocycles. The SMILES string of the molecule is N#Cc1ccc(/C=C/c2ccc(CN3C(=O)c4ccccc4C3=O)cc2)cc1. The van der Waals surface area contributed by atoms with Gasteiger partial charge in [-0.1, -0.05) is 60.7 Å². The Morgan fingerprint density at radius 3 is 1.75 bits per heavy atom. The van der Waals surface area contributed by atoms with Gasteiger partial charge in [-0.05, 0) is 41.0 Å². The summed E-state index contributed by atoms with van der Waals surface area (Å²) in [5, 5.41) is 8.83. The largest absolute Gasteiger partial charge is 0.270 e. The third-order valence-corrected chi connectivity index (χ3v) is 4.71. The molecule has 0 aliphatic carbocycles. The number of amides is 2. The van der Waals surface area contributed by atoms with Crippen LogP contribution in [-0.4, -0.2) is 16.7 Å². The molecule has 0 unspecified atom stereocenters.